The molecule has 0 N–H and O–H groups in total. The monoisotopic (exact) mass is 442 g/mol. The van der Waals surface area contributed by atoms with E-state index in [-0.39, 0.29) is 12.5 Å². The van der Waals surface area contributed by atoms with Crippen molar-refractivity contribution in [2.45, 2.75) is 27.4 Å². The Morgan fingerprint density at radius 2 is 1.81 bits per heavy atom. The number of piperazine rings is 1. The molecule has 3 aromatic rings. The highest BCUT2D eigenvalue weighted by Crippen LogP contribution is 2.36. The molecule has 1 amide bonds. The van der Waals surface area contributed by atoms with Crippen LogP contribution in [0.3, 0.4) is 0 Å². The molecule has 0 saturated carbocycles. The first-order chi connectivity index (χ1) is 14.9. The van der Waals surface area contributed by atoms with Crippen LogP contribution < -0.4 is 9.64 Å². The van der Waals surface area contributed by atoms with Gasteiger partial charge in [0, 0.05) is 45.0 Å². The SMILES string of the molecule is COCc1nc(OC)c2c(C)c(C(=O)N3CCN(c4cc(C)nc(C)n4)CC3)sc2n1. The lowest BCUT2D eigenvalue weighted by Crippen LogP contribution is -2.49. The van der Waals surface area contributed by atoms with Crippen LogP contribution in [0.25, 0.3) is 10.2 Å². The van der Waals surface area contributed by atoms with E-state index in [9.17, 15) is 4.79 Å². The maximum absolute atomic E-state index is 13.3. The summed E-state index contributed by atoms with van der Waals surface area (Å²) in [5.74, 6) is 2.71. The van der Waals surface area contributed by atoms with Crippen molar-refractivity contribution in [2.24, 2.45) is 0 Å². The second-order valence-electron chi connectivity index (χ2n) is 7.51. The van der Waals surface area contributed by atoms with Gasteiger partial charge in [0.05, 0.1) is 17.4 Å². The summed E-state index contributed by atoms with van der Waals surface area (Å²) in [6.07, 6.45) is 0. The van der Waals surface area contributed by atoms with Crippen molar-refractivity contribution >= 4 is 33.3 Å². The number of aromatic nitrogens is 4. The lowest BCUT2D eigenvalue weighted by Gasteiger charge is -2.35. The van der Waals surface area contributed by atoms with Crippen LogP contribution in [-0.2, 0) is 11.3 Å². The summed E-state index contributed by atoms with van der Waals surface area (Å²) in [6.45, 7) is 8.80. The number of hydrogen-bond acceptors (Lipinski definition) is 9. The van der Waals surface area contributed by atoms with E-state index >= 15 is 0 Å². The maximum Gasteiger partial charge on any atom is 0.264 e. The zero-order valence-electron chi connectivity index (χ0n) is 18.4. The van der Waals surface area contributed by atoms with E-state index in [1.54, 1.807) is 14.2 Å². The highest BCUT2D eigenvalue weighted by atomic mass is 32.1. The Balaban J connectivity index is 1.55. The first-order valence-corrected chi connectivity index (χ1v) is 10.9. The largest absolute Gasteiger partial charge is 0.480 e. The molecule has 3 aromatic heterocycles. The summed E-state index contributed by atoms with van der Waals surface area (Å²) < 4.78 is 10.6. The first-order valence-electron chi connectivity index (χ1n) is 10.1. The van der Waals surface area contributed by atoms with E-state index in [0.717, 1.165) is 46.2 Å². The van der Waals surface area contributed by atoms with Crippen molar-refractivity contribution < 1.29 is 14.3 Å². The number of thiophene rings is 1. The van der Waals surface area contributed by atoms with E-state index in [1.165, 1.54) is 11.3 Å². The number of nitrogens with zero attached hydrogens (tertiary/aromatic N) is 6. The second-order valence-corrected chi connectivity index (χ2v) is 8.51. The summed E-state index contributed by atoms with van der Waals surface area (Å²) in [4.78, 5) is 36.7. The Kier molecular flexibility index (Phi) is 6.01. The van der Waals surface area contributed by atoms with Gasteiger partial charge in [-0.15, -0.1) is 11.3 Å². The molecule has 0 aromatic carbocycles. The fourth-order valence-corrected chi connectivity index (χ4v) is 4.99. The van der Waals surface area contributed by atoms with Crippen molar-refractivity contribution in [3.8, 4) is 5.88 Å². The van der Waals surface area contributed by atoms with E-state index in [0.29, 0.717) is 29.7 Å². The average Bonchev–Trinajstić information content (AvgIpc) is 3.09. The van der Waals surface area contributed by atoms with E-state index in [1.807, 2.05) is 31.7 Å². The van der Waals surface area contributed by atoms with Crippen molar-refractivity contribution in [3.05, 3.63) is 33.8 Å². The molecule has 0 unspecified atom stereocenters. The fourth-order valence-electron chi connectivity index (χ4n) is 3.83. The van der Waals surface area contributed by atoms with Crippen LogP contribution in [0.4, 0.5) is 5.82 Å². The lowest BCUT2D eigenvalue weighted by atomic mass is 10.2. The number of carbonyl (C=O) groups is 1. The van der Waals surface area contributed by atoms with Gasteiger partial charge in [0.15, 0.2) is 5.82 Å². The number of anilines is 1. The molecule has 10 heteroatoms. The van der Waals surface area contributed by atoms with E-state index in [4.69, 9.17) is 9.47 Å². The standard InChI is InChI=1S/C21H26N6O3S/c1-12-10-16(23-14(3)22-12)26-6-8-27(9-7-26)21(28)18-13(2)17-19(30-5)24-15(11-29-4)25-20(17)31-18/h10H,6-9,11H2,1-5H3. The molecule has 4 rings (SSSR count). The predicted octanol–water partition coefficient (Wildman–Crippen LogP) is 2.52. The molecule has 1 fully saturated rings. The number of aryl methyl sites for hydroxylation is 3. The molecule has 0 radical (unpaired) electrons. The van der Waals surface area contributed by atoms with Gasteiger partial charge in [-0.1, -0.05) is 0 Å². The minimum absolute atomic E-state index is 0.0190. The first kappa shape index (κ1) is 21.4. The Hall–Kier alpha value is -2.85. The van der Waals surface area contributed by atoms with Gasteiger partial charge in [-0.05, 0) is 26.3 Å². The number of rotatable bonds is 5. The Morgan fingerprint density at radius 3 is 2.45 bits per heavy atom. The normalized spacial score (nSPS) is 14.4. The van der Waals surface area contributed by atoms with Gasteiger partial charge in [-0.25, -0.2) is 15.0 Å². The number of fused-ring (bicyclic) bond motifs is 1. The van der Waals surface area contributed by atoms with Gasteiger partial charge in [0.2, 0.25) is 5.88 Å². The highest BCUT2D eigenvalue weighted by molar-refractivity contribution is 7.20. The molecule has 0 aliphatic carbocycles. The van der Waals surface area contributed by atoms with E-state index < -0.39 is 0 Å². The minimum Gasteiger partial charge on any atom is -0.480 e. The zero-order chi connectivity index (χ0) is 22.1. The van der Waals surface area contributed by atoms with E-state index in [2.05, 4.69) is 24.8 Å². The molecule has 1 saturated heterocycles. The molecule has 0 atom stereocenters. The van der Waals surface area contributed by atoms with Gasteiger partial charge in [0.1, 0.15) is 23.1 Å². The second kappa shape index (κ2) is 8.72. The number of amides is 1. The minimum atomic E-state index is 0.0190. The summed E-state index contributed by atoms with van der Waals surface area (Å²) in [7, 11) is 3.17. The number of methoxy groups -OCH3 is 2. The molecule has 1 aliphatic rings. The topological polar surface area (TPSA) is 93.6 Å². The highest BCUT2D eigenvalue weighted by Gasteiger charge is 2.28. The third kappa shape index (κ3) is 4.17. The van der Waals surface area contributed by atoms with Crippen LogP contribution in [0, 0.1) is 20.8 Å². The number of ether oxygens (including phenoxy) is 2. The van der Waals surface area contributed by atoms with Crippen LogP contribution >= 0.6 is 11.3 Å². The van der Waals surface area contributed by atoms with Crippen LogP contribution in [0.2, 0.25) is 0 Å². The van der Waals surface area contributed by atoms with Crippen LogP contribution in [0.5, 0.6) is 5.88 Å². The Labute approximate surface area is 185 Å². The van der Waals surface area contributed by atoms with Crippen LogP contribution in [-0.4, -0.2) is 71.1 Å². The smallest absolute Gasteiger partial charge is 0.264 e. The van der Waals surface area contributed by atoms with Gasteiger partial charge in [0.25, 0.3) is 5.91 Å². The summed E-state index contributed by atoms with van der Waals surface area (Å²) >= 11 is 1.38. The van der Waals surface area contributed by atoms with Crippen molar-refractivity contribution in [1.29, 1.82) is 0 Å². The number of hydrogen-bond donors (Lipinski definition) is 0. The number of carbonyl (C=O) groups excluding carboxylic acids is 1. The van der Waals surface area contributed by atoms with Gasteiger partial charge in [-0.2, -0.15) is 4.98 Å². The van der Waals surface area contributed by atoms with Gasteiger partial charge in [-0.3, -0.25) is 4.79 Å². The quantitative estimate of drug-likeness (QED) is 0.595. The van der Waals surface area contributed by atoms with Crippen molar-refractivity contribution in [1.82, 2.24) is 24.8 Å². The molecule has 9 nitrogen and oxygen atoms in total. The van der Waals surface area contributed by atoms with Crippen LogP contribution in [0.1, 0.15) is 32.6 Å². The summed E-state index contributed by atoms with van der Waals surface area (Å²) in [5.41, 5.74) is 1.81. The zero-order valence-corrected chi connectivity index (χ0v) is 19.2. The molecular weight excluding hydrogens is 416 g/mol. The van der Waals surface area contributed by atoms with Gasteiger partial charge >= 0.3 is 0 Å². The molecule has 164 valence electrons. The Bertz CT molecular complexity index is 1100. The molecular formula is C21H26N6O3S. The molecule has 4 heterocycles. The molecule has 0 bridgehead atoms. The summed E-state index contributed by atoms with van der Waals surface area (Å²) in [6, 6.07) is 1.99. The predicted molar refractivity (Wildman–Crippen MR) is 119 cm³/mol. The average molecular weight is 443 g/mol. The Morgan fingerprint density at radius 1 is 1.06 bits per heavy atom. The molecule has 0 spiro atoms. The molecule has 1 aliphatic heterocycles. The maximum atomic E-state index is 13.3. The fraction of sp³-hybridized carbons (Fsp3) is 0.476. The van der Waals surface area contributed by atoms with Crippen LogP contribution in [0.15, 0.2) is 6.07 Å². The van der Waals surface area contributed by atoms with Crippen molar-refractivity contribution in [2.75, 3.05) is 45.3 Å². The van der Waals surface area contributed by atoms with Gasteiger partial charge < -0.3 is 19.3 Å². The third-order valence-corrected chi connectivity index (χ3v) is 6.48. The molecule has 31 heavy (non-hydrogen) atoms. The summed E-state index contributed by atoms with van der Waals surface area (Å²) in [5, 5.41) is 0.793. The van der Waals surface area contributed by atoms with Crippen molar-refractivity contribution in [3.63, 3.8) is 0 Å². The lowest BCUT2D eigenvalue weighted by molar-refractivity contribution is 0.0751. The third-order valence-electron chi connectivity index (χ3n) is 5.31.